The van der Waals surface area contributed by atoms with Gasteiger partial charge < -0.3 is 14.5 Å². The van der Waals surface area contributed by atoms with Crippen LogP contribution >= 0.6 is 0 Å². The van der Waals surface area contributed by atoms with E-state index in [2.05, 4.69) is 10.1 Å². The number of carbonyl (C=O) groups is 1. The van der Waals surface area contributed by atoms with E-state index in [9.17, 15) is 4.79 Å². The maximum Gasteiger partial charge on any atom is 0.311 e. The molecule has 1 N–H and O–H groups in total. The van der Waals surface area contributed by atoms with Gasteiger partial charge >= 0.3 is 5.97 Å². The molecule has 1 aromatic rings. The second-order valence-corrected chi connectivity index (χ2v) is 3.59. The Morgan fingerprint density at radius 2 is 2.50 bits per heavy atom. The predicted octanol–water partition coefficient (Wildman–Crippen LogP) is 0.290. The predicted molar refractivity (Wildman–Crippen MR) is 47.9 cm³/mol. The van der Waals surface area contributed by atoms with Crippen molar-refractivity contribution in [1.29, 1.82) is 0 Å². The van der Waals surface area contributed by atoms with Crippen LogP contribution in [-0.2, 0) is 24.2 Å². The fourth-order valence-corrected chi connectivity index (χ4v) is 1.68. The van der Waals surface area contributed by atoms with Crippen molar-refractivity contribution in [2.75, 3.05) is 13.6 Å². The first-order valence-corrected chi connectivity index (χ1v) is 4.53. The molecule has 0 bridgehead atoms. The quantitative estimate of drug-likeness (QED) is 0.736. The lowest BCUT2D eigenvalue weighted by molar-refractivity contribution is -0.136. The summed E-state index contributed by atoms with van der Waals surface area (Å²) in [6, 6.07) is 0. The molecule has 0 radical (unpaired) electrons. The number of rotatable bonds is 2. The van der Waals surface area contributed by atoms with Gasteiger partial charge in [0.05, 0.1) is 5.69 Å². The molecule has 0 fully saturated rings. The third-order valence-electron chi connectivity index (χ3n) is 2.42. The molecular formula is C9H12N2O3. The zero-order valence-corrected chi connectivity index (χ0v) is 7.99. The Kier molecular flexibility index (Phi) is 2.25. The lowest BCUT2D eigenvalue weighted by Crippen LogP contribution is -2.26. The van der Waals surface area contributed by atoms with Crippen molar-refractivity contribution in [3.05, 3.63) is 17.0 Å². The van der Waals surface area contributed by atoms with Gasteiger partial charge in [0.25, 0.3) is 0 Å². The van der Waals surface area contributed by atoms with E-state index in [-0.39, 0.29) is 6.42 Å². The minimum Gasteiger partial charge on any atom is -0.481 e. The molecule has 76 valence electrons. The number of fused-ring (bicyclic) bond motifs is 1. The van der Waals surface area contributed by atoms with E-state index in [1.54, 1.807) is 0 Å². The molecule has 1 aliphatic rings. The highest BCUT2D eigenvalue weighted by atomic mass is 16.5. The topological polar surface area (TPSA) is 66.6 Å². The summed E-state index contributed by atoms with van der Waals surface area (Å²) >= 11 is 0. The third kappa shape index (κ3) is 1.63. The van der Waals surface area contributed by atoms with E-state index in [1.165, 1.54) is 0 Å². The highest BCUT2D eigenvalue weighted by Crippen LogP contribution is 2.21. The van der Waals surface area contributed by atoms with Crippen molar-refractivity contribution in [3.63, 3.8) is 0 Å². The van der Waals surface area contributed by atoms with Crippen LogP contribution in [0.25, 0.3) is 0 Å². The van der Waals surface area contributed by atoms with Gasteiger partial charge in [-0.25, -0.2) is 0 Å². The van der Waals surface area contributed by atoms with Crippen LogP contribution in [0, 0.1) is 0 Å². The molecule has 5 nitrogen and oxygen atoms in total. The highest BCUT2D eigenvalue weighted by Gasteiger charge is 2.22. The number of nitrogens with zero attached hydrogens (tertiary/aromatic N) is 2. The van der Waals surface area contributed by atoms with Gasteiger partial charge in [0.15, 0.2) is 5.76 Å². The van der Waals surface area contributed by atoms with E-state index in [0.717, 1.165) is 30.8 Å². The Hall–Kier alpha value is -1.36. The lowest BCUT2D eigenvalue weighted by Gasteiger charge is -2.20. The van der Waals surface area contributed by atoms with E-state index >= 15 is 0 Å². The molecule has 0 atom stereocenters. The van der Waals surface area contributed by atoms with Crippen LogP contribution in [0.4, 0.5) is 0 Å². The van der Waals surface area contributed by atoms with Gasteiger partial charge in [-0.05, 0) is 7.05 Å². The molecular weight excluding hydrogens is 184 g/mol. The number of carboxylic acid groups (broad SMARTS) is 1. The summed E-state index contributed by atoms with van der Waals surface area (Å²) < 4.78 is 5.02. The molecule has 0 aliphatic carbocycles. The monoisotopic (exact) mass is 196 g/mol. The van der Waals surface area contributed by atoms with Gasteiger partial charge in [-0.3, -0.25) is 4.79 Å². The van der Waals surface area contributed by atoms with Crippen molar-refractivity contribution < 1.29 is 14.4 Å². The van der Waals surface area contributed by atoms with Gasteiger partial charge in [0.1, 0.15) is 6.42 Å². The number of aliphatic carboxylic acids is 1. The lowest BCUT2D eigenvalue weighted by atomic mass is 10.1. The van der Waals surface area contributed by atoms with E-state index < -0.39 is 5.97 Å². The second kappa shape index (κ2) is 3.42. The molecule has 0 unspecified atom stereocenters. The van der Waals surface area contributed by atoms with Gasteiger partial charge in [0.2, 0.25) is 0 Å². The molecule has 0 aromatic carbocycles. The Morgan fingerprint density at radius 3 is 3.21 bits per heavy atom. The average molecular weight is 196 g/mol. The third-order valence-corrected chi connectivity index (χ3v) is 2.42. The molecule has 5 heteroatoms. The Morgan fingerprint density at radius 1 is 1.71 bits per heavy atom. The maximum absolute atomic E-state index is 10.5. The molecule has 0 amide bonds. The fraction of sp³-hybridized carbons (Fsp3) is 0.556. The van der Waals surface area contributed by atoms with Crippen LogP contribution in [-0.4, -0.2) is 34.7 Å². The first-order valence-electron chi connectivity index (χ1n) is 4.53. The standard InChI is InChI=1S/C9H12N2O3/c1-11-3-2-7-6(5-11)8(14-10-7)4-9(12)13/h2-5H2,1H3,(H,12,13). The zero-order valence-electron chi connectivity index (χ0n) is 7.99. The average Bonchev–Trinajstić information content (AvgIpc) is 2.47. The van der Waals surface area contributed by atoms with Gasteiger partial charge in [0, 0.05) is 25.1 Å². The van der Waals surface area contributed by atoms with Crippen LogP contribution in [0.1, 0.15) is 17.0 Å². The van der Waals surface area contributed by atoms with Gasteiger partial charge in [-0.15, -0.1) is 0 Å². The number of hydrogen-bond acceptors (Lipinski definition) is 4. The summed E-state index contributed by atoms with van der Waals surface area (Å²) in [7, 11) is 2.00. The highest BCUT2D eigenvalue weighted by molar-refractivity contribution is 5.69. The maximum atomic E-state index is 10.5. The number of aromatic nitrogens is 1. The van der Waals surface area contributed by atoms with Crippen molar-refractivity contribution in [2.24, 2.45) is 0 Å². The molecule has 14 heavy (non-hydrogen) atoms. The Labute approximate surface area is 81.3 Å². The molecule has 0 saturated carbocycles. The summed E-state index contributed by atoms with van der Waals surface area (Å²) in [5, 5.41) is 12.5. The van der Waals surface area contributed by atoms with Gasteiger partial charge in [-0.2, -0.15) is 0 Å². The Bertz CT molecular complexity index is 359. The molecule has 2 heterocycles. The van der Waals surface area contributed by atoms with Crippen molar-refractivity contribution >= 4 is 5.97 Å². The molecule has 0 spiro atoms. The van der Waals surface area contributed by atoms with Crippen LogP contribution in [0.15, 0.2) is 4.52 Å². The zero-order chi connectivity index (χ0) is 10.1. The summed E-state index contributed by atoms with van der Waals surface area (Å²) in [5.74, 6) is -0.378. The minimum absolute atomic E-state index is 0.0732. The molecule has 0 saturated heterocycles. The first kappa shape index (κ1) is 9.21. The Balaban J connectivity index is 2.26. The van der Waals surface area contributed by atoms with Crippen LogP contribution in [0.3, 0.4) is 0 Å². The van der Waals surface area contributed by atoms with Crippen molar-refractivity contribution in [3.8, 4) is 0 Å². The second-order valence-electron chi connectivity index (χ2n) is 3.59. The van der Waals surface area contributed by atoms with E-state index in [0.29, 0.717) is 5.76 Å². The summed E-state index contributed by atoms with van der Waals surface area (Å²) in [6.07, 6.45) is 0.769. The van der Waals surface area contributed by atoms with Crippen LogP contribution in [0.5, 0.6) is 0 Å². The minimum atomic E-state index is -0.878. The smallest absolute Gasteiger partial charge is 0.311 e. The largest absolute Gasteiger partial charge is 0.481 e. The molecule has 1 aliphatic heterocycles. The van der Waals surface area contributed by atoms with Gasteiger partial charge in [-0.1, -0.05) is 5.16 Å². The SMILES string of the molecule is CN1CCc2noc(CC(=O)O)c2C1. The normalized spacial score (nSPS) is 16.6. The molecule has 2 rings (SSSR count). The summed E-state index contributed by atoms with van der Waals surface area (Å²) in [5.41, 5.74) is 1.88. The van der Waals surface area contributed by atoms with Crippen LogP contribution in [0.2, 0.25) is 0 Å². The summed E-state index contributed by atoms with van der Waals surface area (Å²) in [6.45, 7) is 1.69. The van der Waals surface area contributed by atoms with Crippen molar-refractivity contribution in [2.45, 2.75) is 19.4 Å². The van der Waals surface area contributed by atoms with E-state index in [1.807, 2.05) is 7.05 Å². The number of carboxylic acids is 1. The van der Waals surface area contributed by atoms with Crippen molar-refractivity contribution in [1.82, 2.24) is 10.1 Å². The summed E-state index contributed by atoms with van der Waals surface area (Å²) in [4.78, 5) is 12.7. The number of likely N-dealkylation sites (N-methyl/N-ethyl adjacent to an activating group) is 1. The number of hydrogen-bond donors (Lipinski definition) is 1. The first-order chi connectivity index (χ1) is 6.66. The van der Waals surface area contributed by atoms with Crippen LogP contribution < -0.4 is 0 Å². The molecule has 1 aromatic heterocycles. The van der Waals surface area contributed by atoms with E-state index in [4.69, 9.17) is 9.63 Å². The fourth-order valence-electron chi connectivity index (χ4n) is 1.68.